The summed E-state index contributed by atoms with van der Waals surface area (Å²) in [6, 6.07) is 0. The van der Waals surface area contributed by atoms with Gasteiger partial charge in [0.1, 0.15) is 0 Å². The lowest BCUT2D eigenvalue weighted by Gasteiger charge is -2.26. The summed E-state index contributed by atoms with van der Waals surface area (Å²) >= 11 is 0. The molecule has 0 saturated heterocycles. The molecule has 0 rings (SSSR count). The molecule has 0 heterocycles. The topological polar surface area (TPSA) is 75.6 Å². The normalized spacial score (nSPS) is 20.6. The van der Waals surface area contributed by atoms with Crippen molar-refractivity contribution in [2.24, 2.45) is 0 Å². The highest BCUT2D eigenvalue weighted by atomic mass is 32.1. The third kappa shape index (κ3) is 7.39. The fraction of sp³-hybridized carbons (Fsp3) is 1.00. The predicted octanol–water partition coefficient (Wildman–Crippen LogP) is 3.04. The predicted molar refractivity (Wildman–Crippen MR) is 57.0 cm³/mol. The number of nitrogens with one attached hydrogen (secondary N) is 1. The Bertz CT molecular complexity index is 373. The molecule has 0 amide bonds. The average molecular weight is 359 g/mol. The molecular formula is C3H7F6NO4P4. The van der Waals surface area contributed by atoms with Gasteiger partial charge < -0.3 is 4.89 Å². The van der Waals surface area contributed by atoms with Crippen LogP contribution in [0.15, 0.2) is 0 Å². The summed E-state index contributed by atoms with van der Waals surface area (Å²) in [6.07, 6.45) is -16.1. The summed E-state index contributed by atoms with van der Waals surface area (Å²) in [5.41, 5.74) is 0. The van der Waals surface area contributed by atoms with Gasteiger partial charge in [-0.05, 0) is 17.9 Å². The van der Waals surface area contributed by atoms with Gasteiger partial charge in [-0.15, -0.1) is 0 Å². The van der Waals surface area contributed by atoms with Crippen molar-refractivity contribution in [3.8, 4) is 0 Å². The first kappa shape index (κ1) is 18.8. The molecule has 0 aromatic rings. The highest BCUT2D eigenvalue weighted by Gasteiger charge is 2.60. The summed E-state index contributed by atoms with van der Waals surface area (Å²) in [5.74, 6) is 0. The lowest BCUT2D eigenvalue weighted by molar-refractivity contribution is -0.299. The van der Waals surface area contributed by atoms with E-state index in [2.05, 4.69) is 4.52 Å². The van der Waals surface area contributed by atoms with Gasteiger partial charge in [0.05, 0.1) is 0 Å². The first-order chi connectivity index (χ1) is 7.55. The molecule has 0 bridgehead atoms. The van der Waals surface area contributed by atoms with Crippen molar-refractivity contribution in [2.45, 2.75) is 18.5 Å². The van der Waals surface area contributed by atoms with Crippen molar-refractivity contribution in [2.75, 3.05) is 0 Å². The molecule has 4 unspecified atom stereocenters. The van der Waals surface area contributed by atoms with Gasteiger partial charge in [0.15, 0.2) is 0 Å². The Morgan fingerprint density at radius 1 is 1.06 bits per heavy atom. The van der Waals surface area contributed by atoms with Crippen molar-refractivity contribution in [1.82, 2.24) is 4.86 Å². The summed E-state index contributed by atoms with van der Waals surface area (Å²) in [4.78, 5) is 9.79. The zero-order valence-corrected chi connectivity index (χ0v) is 12.2. The maximum atomic E-state index is 12.0. The van der Waals surface area contributed by atoms with Crippen LogP contribution in [0.3, 0.4) is 0 Å². The summed E-state index contributed by atoms with van der Waals surface area (Å²) < 4.78 is 97.5. The third-order valence-electron chi connectivity index (χ3n) is 1.14. The minimum absolute atomic E-state index is 1.02. The molecule has 0 aromatic heterocycles. The molecule has 2 N–H and O–H groups in total. The largest absolute Gasteiger partial charge is 0.424 e. The highest BCUT2D eigenvalue weighted by Crippen LogP contribution is 2.64. The summed E-state index contributed by atoms with van der Waals surface area (Å²) in [7, 11) is -7.11. The number of alkyl halides is 6. The van der Waals surface area contributed by atoms with Crippen molar-refractivity contribution >= 4 is 32.3 Å². The lowest BCUT2D eigenvalue weighted by atomic mass is 10.3. The molecule has 0 radical (unpaired) electrons. The van der Waals surface area contributed by atoms with Crippen LogP contribution < -0.4 is 4.86 Å². The average Bonchev–Trinajstić information content (AvgIpc) is 1.90. The second kappa shape index (κ2) is 5.65. The van der Waals surface area contributed by atoms with Crippen LogP contribution in [0.2, 0.25) is 0 Å². The van der Waals surface area contributed by atoms with Crippen molar-refractivity contribution in [1.29, 1.82) is 0 Å². The van der Waals surface area contributed by atoms with Crippen LogP contribution in [0.4, 0.5) is 26.3 Å². The third-order valence-corrected chi connectivity index (χ3v) is 6.37. The first-order valence-corrected chi connectivity index (χ1v) is 10.2. The van der Waals surface area contributed by atoms with E-state index in [4.69, 9.17) is 4.89 Å². The molecule has 18 heavy (non-hydrogen) atoms. The molecule has 4 atom stereocenters. The highest BCUT2D eigenvalue weighted by molar-refractivity contribution is 8.23. The van der Waals surface area contributed by atoms with Gasteiger partial charge in [-0.25, -0.2) is 0 Å². The molecule has 0 aliphatic carbocycles. The number of hydrogen-bond donors (Lipinski definition) is 2. The van der Waals surface area contributed by atoms with E-state index in [1.54, 1.807) is 0 Å². The van der Waals surface area contributed by atoms with Crippen molar-refractivity contribution < 1.29 is 44.9 Å². The molecule has 0 aliphatic rings. The zero-order chi connectivity index (χ0) is 15.0. The van der Waals surface area contributed by atoms with Gasteiger partial charge >= 0.3 is 12.4 Å². The van der Waals surface area contributed by atoms with E-state index >= 15 is 0 Å². The molecule has 5 nitrogen and oxygen atoms in total. The van der Waals surface area contributed by atoms with Crippen LogP contribution in [0.25, 0.3) is 0 Å². The van der Waals surface area contributed by atoms with Gasteiger partial charge in [-0.2, -0.15) is 31.2 Å². The first-order valence-electron chi connectivity index (χ1n) is 3.66. The molecule has 0 fully saturated rings. The fourth-order valence-electron chi connectivity index (χ4n) is 0.685. The molecule has 0 aromatic carbocycles. The maximum absolute atomic E-state index is 12.0. The van der Waals surface area contributed by atoms with Gasteiger partial charge in [-0.3, -0.25) is 13.7 Å². The molecule has 0 spiro atoms. The quantitative estimate of drug-likeness (QED) is 0.596. The molecule has 15 heteroatoms. The molecule has 0 aliphatic heterocycles. The fourth-order valence-corrected chi connectivity index (χ4v) is 7.53. The van der Waals surface area contributed by atoms with Crippen LogP contribution in [0.5, 0.6) is 0 Å². The number of rotatable bonds is 4. The molecular weight excluding hydrogens is 352 g/mol. The van der Waals surface area contributed by atoms with Crippen LogP contribution in [-0.4, -0.2) is 23.3 Å². The Hall–Kier alpha value is 0.780. The zero-order valence-electron chi connectivity index (χ0n) is 8.07. The summed E-state index contributed by atoms with van der Waals surface area (Å²) in [5, 5.41) is 0. The van der Waals surface area contributed by atoms with Gasteiger partial charge in [0.25, 0.3) is 20.5 Å². The smallest absolute Gasteiger partial charge is 0.330 e. The van der Waals surface area contributed by atoms with Crippen LogP contribution in [0.1, 0.15) is 0 Å². The number of hydrogen-bond acceptors (Lipinski definition) is 3. The Morgan fingerprint density at radius 3 is 1.61 bits per heavy atom. The van der Waals surface area contributed by atoms with Gasteiger partial charge in [0, 0.05) is 0 Å². The van der Waals surface area contributed by atoms with E-state index in [9.17, 15) is 35.5 Å². The van der Waals surface area contributed by atoms with Gasteiger partial charge in [0.2, 0.25) is 0 Å². The summed E-state index contributed by atoms with van der Waals surface area (Å²) in [6.45, 7) is 0. The monoisotopic (exact) mass is 359 g/mol. The maximum Gasteiger partial charge on any atom is 0.424 e. The van der Waals surface area contributed by atoms with Gasteiger partial charge in [-0.1, -0.05) is 0 Å². The van der Waals surface area contributed by atoms with E-state index in [1.165, 1.54) is 8.93 Å². The molecule has 0 saturated carbocycles. The lowest BCUT2D eigenvalue weighted by Crippen LogP contribution is -2.43. The minimum atomic E-state index is -5.87. The van der Waals surface area contributed by atoms with E-state index < -0.39 is 32.9 Å². The van der Waals surface area contributed by atoms with Crippen molar-refractivity contribution in [3.05, 3.63) is 0 Å². The van der Waals surface area contributed by atoms with Crippen LogP contribution in [0, 0.1) is 0 Å². The second-order valence-corrected chi connectivity index (χ2v) is 10.5. The Labute approximate surface area is 101 Å². The number of halogens is 6. The van der Waals surface area contributed by atoms with Crippen LogP contribution >= 0.6 is 32.3 Å². The Balaban J connectivity index is 5.14. The van der Waals surface area contributed by atoms with Crippen LogP contribution in [-0.2, 0) is 13.7 Å². The van der Waals surface area contributed by atoms with Crippen molar-refractivity contribution in [3.63, 3.8) is 0 Å². The minimum Gasteiger partial charge on any atom is -0.330 e. The van der Waals surface area contributed by atoms with E-state index in [0.29, 0.717) is 0 Å². The Morgan fingerprint density at radius 2 is 1.39 bits per heavy atom. The Kier molecular flexibility index (Phi) is 5.89. The standard InChI is InChI=1S/C3H7F6NO4P4/c4-2(5,6)1(3(7,8)9)14-18(13,16)10-17(11,12)15/h1H,15-16H2,(H2,10,11,12,13). The van der Waals surface area contributed by atoms with E-state index in [0.717, 1.165) is 13.8 Å². The van der Waals surface area contributed by atoms with E-state index in [1.807, 2.05) is 0 Å². The SMILES string of the molecule is O=P(O)(P)NP(=O)(P)OC(C(F)(F)F)C(F)(F)F. The second-order valence-electron chi connectivity index (χ2n) is 2.89. The van der Waals surface area contributed by atoms with E-state index in [-0.39, 0.29) is 0 Å². The molecule has 110 valence electrons.